The van der Waals surface area contributed by atoms with Crippen molar-refractivity contribution in [2.24, 2.45) is 0 Å². The molecule has 0 radical (unpaired) electrons. The molecule has 1 aromatic carbocycles. The molecule has 0 aliphatic rings. The fourth-order valence-electron chi connectivity index (χ4n) is 1.38. The quantitative estimate of drug-likeness (QED) is 0.898. The first-order chi connectivity index (χ1) is 9.23. The van der Waals surface area contributed by atoms with Crippen molar-refractivity contribution in [3.05, 3.63) is 29.8 Å². The van der Waals surface area contributed by atoms with Gasteiger partial charge in [-0.2, -0.15) is 13.2 Å². The molecule has 0 aliphatic heterocycles. The van der Waals surface area contributed by atoms with Gasteiger partial charge in [0.1, 0.15) is 17.9 Å². The molecule has 1 amide bonds. The van der Waals surface area contributed by atoms with E-state index in [2.05, 4.69) is 0 Å². The average Bonchev–Trinajstić information content (AvgIpc) is 2.37. The summed E-state index contributed by atoms with van der Waals surface area (Å²) in [5.74, 6) is -3.15. The number of amides is 1. The predicted octanol–water partition coefficient (Wildman–Crippen LogP) is 1.78. The number of carbonyl (C=O) groups excluding carboxylic acids is 1. The molecule has 0 saturated heterocycles. The summed E-state index contributed by atoms with van der Waals surface area (Å²) < 4.78 is 41.4. The number of hydrogen-bond donors (Lipinski definition) is 1. The maximum Gasteiger partial charge on any atom is 0.471 e. The molecule has 0 spiro atoms. The maximum atomic E-state index is 12.1. The van der Waals surface area contributed by atoms with Gasteiger partial charge in [-0.05, 0) is 12.1 Å². The Labute approximate surface area is 112 Å². The van der Waals surface area contributed by atoms with Crippen LogP contribution in [0.5, 0.6) is 5.75 Å². The second-order valence-corrected chi connectivity index (χ2v) is 3.87. The third-order valence-electron chi connectivity index (χ3n) is 2.39. The molecule has 1 N–H and O–H groups in total. The van der Waals surface area contributed by atoms with Crippen molar-refractivity contribution in [2.75, 3.05) is 20.2 Å². The fourth-order valence-corrected chi connectivity index (χ4v) is 1.38. The van der Waals surface area contributed by atoms with Crippen LogP contribution in [0, 0.1) is 0 Å². The lowest BCUT2D eigenvalue weighted by molar-refractivity contribution is -0.184. The highest BCUT2D eigenvalue weighted by atomic mass is 19.4. The van der Waals surface area contributed by atoms with E-state index in [4.69, 9.17) is 9.84 Å². The Morgan fingerprint density at radius 1 is 1.30 bits per heavy atom. The first kappa shape index (κ1) is 15.8. The summed E-state index contributed by atoms with van der Waals surface area (Å²) in [6, 6.07) is 5.72. The largest absolute Gasteiger partial charge is 0.491 e. The summed E-state index contributed by atoms with van der Waals surface area (Å²) in [6.07, 6.45) is -4.94. The van der Waals surface area contributed by atoms with Crippen LogP contribution < -0.4 is 4.74 Å². The number of benzene rings is 1. The minimum absolute atomic E-state index is 0.0351. The monoisotopic (exact) mass is 291 g/mol. The van der Waals surface area contributed by atoms with Crippen LogP contribution in [0.2, 0.25) is 0 Å². The number of carboxylic acid groups (broad SMARTS) is 1. The van der Waals surface area contributed by atoms with E-state index in [9.17, 15) is 22.8 Å². The lowest BCUT2D eigenvalue weighted by Gasteiger charge is -2.19. The Hall–Kier alpha value is -2.25. The summed E-state index contributed by atoms with van der Waals surface area (Å²) >= 11 is 0. The number of carbonyl (C=O) groups is 2. The third kappa shape index (κ3) is 4.15. The highest BCUT2D eigenvalue weighted by Gasteiger charge is 2.41. The van der Waals surface area contributed by atoms with Gasteiger partial charge in [0.2, 0.25) is 0 Å². The molecule has 0 heterocycles. The molecule has 1 rings (SSSR count). The molecule has 0 bridgehead atoms. The SMILES string of the molecule is CN(CCOc1ccccc1C(=O)O)C(=O)C(F)(F)F. The van der Waals surface area contributed by atoms with Crippen LogP contribution in [0.25, 0.3) is 0 Å². The van der Waals surface area contributed by atoms with Crippen molar-refractivity contribution in [3.8, 4) is 5.75 Å². The van der Waals surface area contributed by atoms with Crippen molar-refractivity contribution in [3.63, 3.8) is 0 Å². The lowest BCUT2D eigenvalue weighted by Crippen LogP contribution is -2.40. The van der Waals surface area contributed by atoms with E-state index < -0.39 is 18.1 Å². The van der Waals surface area contributed by atoms with Gasteiger partial charge in [-0.3, -0.25) is 4.79 Å². The van der Waals surface area contributed by atoms with Gasteiger partial charge in [0, 0.05) is 7.05 Å². The van der Waals surface area contributed by atoms with E-state index in [-0.39, 0.29) is 24.5 Å². The van der Waals surface area contributed by atoms with Gasteiger partial charge in [-0.1, -0.05) is 12.1 Å². The minimum atomic E-state index is -4.94. The smallest absolute Gasteiger partial charge is 0.471 e. The van der Waals surface area contributed by atoms with Crippen molar-refractivity contribution >= 4 is 11.9 Å². The van der Waals surface area contributed by atoms with Gasteiger partial charge in [-0.15, -0.1) is 0 Å². The molecule has 1 aromatic rings. The Bertz CT molecular complexity index is 502. The molecule has 0 atom stereocenters. The summed E-state index contributed by atoms with van der Waals surface area (Å²) in [4.78, 5) is 22.2. The van der Waals surface area contributed by atoms with Crippen LogP contribution in [0.4, 0.5) is 13.2 Å². The zero-order chi connectivity index (χ0) is 15.3. The first-order valence-electron chi connectivity index (χ1n) is 5.51. The van der Waals surface area contributed by atoms with Gasteiger partial charge in [0.15, 0.2) is 0 Å². The van der Waals surface area contributed by atoms with Gasteiger partial charge in [0.25, 0.3) is 0 Å². The van der Waals surface area contributed by atoms with Crippen molar-refractivity contribution in [1.29, 1.82) is 0 Å². The predicted molar refractivity (Wildman–Crippen MR) is 62.6 cm³/mol. The molecule has 0 unspecified atom stereocenters. The van der Waals surface area contributed by atoms with E-state index in [1.807, 2.05) is 0 Å². The zero-order valence-electron chi connectivity index (χ0n) is 10.5. The van der Waals surface area contributed by atoms with Crippen LogP contribution in [0.3, 0.4) is 0 Å². The number of halogens is 3. The molecule has 0 aromatic heterocycles. The number of likely N-dealkylation sites (N-methyl/N-ethyl adjacent to an activating group) is 1. The van der Waals surface area contributed by atoms with E-state index in [0.29, 0.717) is 4.90 Å². The van der Waals surface area contributed by atoms with E-state index in [0.717, 1.165) is 7.05 Å². The van der Waals surface area contributed by atoms with Crippen molar-refractivity contribution in [2.45, 2.75) is 6.18 Å². The summed E-state index contributed by atoms with van der Waals surface area (Å²) in [6.45, 7) is -0.561. The zero-order valence-corrected chi connectivity index (χ0v) is 10.5. The standard InChI is InChI=1S/C12H12F3NO4/c1-16(11(19)12(13,14)15)6-7-20-9-5-3-2-4-8(9)10(17)18/h2-5H,6-7H2,1H3,(H,17,18). The molecule has 20 heavy (non-hydrogen) atoms. The molecular formula is C12H12F3NO4. The maximum absolute atomic E-state index is 12.1. The molecular weight excluding hydrogens is 279 g/mol. The van der Waals surface area contributed by atoms with Crippen molar-refractivity contribution in [1.82, 2.24) is 4.90 Å². The average molecular weight is 291 g/mol. The summed E-state index contributed by atoms with van der Waals surface area (Å²) in [5.41, 5.74) is -0.0997. The number of alkyl halides is 3. The highest BCUT2D eigenvalue weighted by Crippen LogP contribution is 2.19. The number of ether oxygens (including phenoxy) is 1. The van der Waals surface area contributed by atoms with E-state index in [1.54, 1.807) is 0 Å². The number of aromatic carboxylic acids is 1. The number of nitrogens with zero attached hydrogens (tertiary/aromatic N) is 1. The second-order valence-electron chi connectivity index (χ2n) is 3.87. The molecule has 0 aliphatic carbocycles. The first-order valence-corrected chi connectivity index (χ1v) is 5.51. The normalized spacial score (nSPS) is 11.0. The Kier molecular flexibility index (Phi) is 4.95. The molecule has 8 heteroatoms. The lowest BCUT2D eigenvalue weighted by atomic mass is 10.2. The van der Waals surface area contributed by atoms with Crippen LogP contribution in [0.1, 0.15) is 10.4 Å². The van der Waals surface area contributed by atoms with E-state index >= 15 is 0 Å². The Morgan fingerprint density at radius 3 is 2.45 bits per heavy atom. The molecule has 110 valence electrons. The number of para-hydroxylation sites is 1. The van der Waals surface area contributed by atoms with Crippen molar-refractivity contribution < 1.29 is 32.6 Å². The third-order valence-corrected chi connectivity index (χ3v) is 2.39. The highest BCUT2D eigenvalue weighted by molar-refractivity contribution is 5.90. The second kappa shape index (κ2) is 6.27. The van der Waals surface area contributed by atoms with Gasteiger partial charge >= 0.3 is 18.1 Å². The van der Waals surface area contributed by atoms with Crippen LogP contribution in [0.15, 0.2) is 24.3 Å². The summed E-state index contributed by atoms with van der Waals surface area (Å²) in [5, 5.41) is 8.88. The molecule has 0 fully saturated rings. The van der Waals surface area contributed by atoms with Crippen LogP contribution in [-0.4, -0.2) is 48.3 Å². The van der Waals surface area contributed by atoms with Gasteiger partial charge in [-0.25, -0.2) is 4.79 Å². The molecule has 0 saturated carbocycles. The molecule has 5 nitrogen and oxygen atoms in total. The number of rotatable bonds is 5. The Balaban J connectivity index is 2.57. The number of hydrogen-bond acceptors (Lipinski definition) is 3. The van der Waals surface area contributed by atoms with Crippen LogP contribution in [-0.2, 0) is 4.79 Å². The number of carboxylic acids is 1. The van der Waals surface area contributed by atoms with Crippen LogP contribution >= 0.6 is 0 Å². The fraction of sp³-hybridized carbons (Fsp3) is 0.333. The minimum Gasteiger partial charge on any atom is -0.491 e. The van der Waals surface area contributed by atoms with Gasteiger partial charge in [0.05, 0.1) is 6.54 Å². The Morgan fingerprint density at radius 2 is 1.90 bits per heavy atom. The summed E-state index contributed by atoms with van der Waals surface area (Å²) in [7, 11) is 0.988. The van der Waals surface area contributed by atoms with E-state index in [1.165, 1.54) is 24.3 Å². The topological polar surface area (TPSA) is 66.8 Å². The van der Waals surface area contributed by atoms with Gasteiger partial charge < -0.3 is 14.7 Å².